The van der Waals surface area contributed by atoms with Crippen LogP contribution in [0, 0.1) is 0 Å². The molecule has 1 atom stereocenters. The number of nitrogens with one attached hydrogen (secondary N) is 1. The number of ether oxygens (including phenoxy) is 1. The van der Waals surface area contributed by atoms with Crippen molar-refractivity contribution >= 4 is 0 Å². The van der Waals surface area contributed by atoms with Gasteiger partial charge in [-0.15, -0.1) is 5.10 Å². The molecule has 1 aromatic carbocycles. The van der Waals surface area contributed by atoms with E-state index in [1.54, 1.807) is 11.8 Å². The smallest absolute Gasteiger partial charge is 0.122 e. The molecule has 0 saturated carbocycles. The summed E-state index contributed by atoms with van der Waals surface area (Å²) in [6.45, 7) is 0. The molecule has 0 spiro atoms. The zero-order valence-electron chi connectivity index (χ0n) is 11.2. The highest BCUT2D eigenvalue weighted by Gasteiger charge is 2.13. The van der Waals surface area contributed by atoms with Gasteiger partial charge in [0.2, 0.25) is 0 Å². The number of hydrazine groups is 1. The third kappa shape index (κ3) is 3.52. The molecule has 0 saturated heterocycles. The fourth-order valence-electron chi connectivity index (χ4n) is 2.07. The van der Waals surface area contributed by atoms with Crippen LogP contribution in [0.4, 0.5) is 0 Å². The molecule has 0 aliphatic heterocycles. The summed E-state index contributed by atoms with van der Waals surface area (Å²) in [4.78, 5) is 0. The van der Waals surface area contributed by atoms with E-state index in [4.69, 9.17) is 10.6 Å². The van der Waals surface area contributed by atoms with Crippen LogP contribution in [0.5, 0.6) is 5.75 Å². The van der Waals surface area contributed by atoms with Crippen molar-refractivity contribution in [1.29, 1.82) is 0 Å². The van der Waals surface area contributed by atoms with Crippen molar-refractivity contribution < 1.29 is 4.74 Å². The maximum atomic E-state index is 5.62. The molecule has 0 amide bonds. The number of benzene rings is 1. The lowest BCUT2D eigenvalue weighted by atomic mass is 10.0. The number of nitrogens with two attached hydrogens (primary N) is 1. The Kier molecular flexibility index (Phi) is 4.48. The van der Waals surface area contributed by atoms with Crippen molar-refractivity contribution in [2.45, 2.75) is 18.9 Å². The van der Waals surface area contributed by atoms with Crippen molar-refractivity contribution in [3.05, 3.63) is 41.7 Å². The van der Waals surface area contributed by atoms with E-state index in [2.05, 4.69) is 15.7 Å². The normalized spacial score (nSPS) is 12.4. The van der Waals surface area contributed by atoms with Crippen LogP contribution in [0.25, 0.3) is 0 Å². The second-order valence-electron chi connectivity index (χ2n) is 4.47. The molecule has 6 nitrogen and oxygen atoms in total. The molecule has 3 N–H and O–H groups in total. The van der Waals surface area contributed by atoms with Crippen LogP contribution in [0.2, 0.25) is 0 Å². The Hall–Kier alpha value is -1.92. The highest BCUT2D eigenvalue weighted by molar-refractivity contribution is 5.34. The van der Waals surface area contributed by atoms with Crippen LogP contribution in [-0.2, 0) is 19.9 Å². The first-order chi connectivity index (χ1) is 9.22. The highest BCUT2D eigenvalue weighted by atomic mass is 16.5. The van der Waals surface area contributed by atoms with Crippen molar-refractivity contribution in [3.63, 3.8) is 0 Å². The molecule has 0 bridgehead atoms. The zero-order chi connectivity index (χ0) is 13.7. The van der Waals surface area contributed by atoms with Crippen LogP contribution >= 0.6 is 0 Å². The summed E-state index contributed by atoms with van der Waals surface area (Å²) in [6.07, 6.45) is 3.39. The Bertz CT molecular complexity index is 525. The lowest BCUT2D eigenvalue weighted by Crippen LogP contribution is -2.38. The molecular formula is C13H19N5O. The molecule has 0 radical (unpaired) electrons. The Morgan fingerprint density at radius 1 is 1.37 bits per heavy atom. The maximum absolute atomic E-state index is 5.62. The molecule has 2 aromatic rings. The van der Waals surface area contributed by atoms with Gasteiger partial charge in [-0.25, -0.2) is 0 Å². The Balaban J connectivity index is 2.06. The van der Waals surface area contributed by atoms with Gasteiger partial charge in [0.1, 0.15) is 5.75 Å². The maximum Gasteiger partial charge on any atom is 0.122 e. The Labute approximate surface area is 112 Å². The molecule has 0 aliphatic rings. The summed E-state index contributed by atoms with van der Waals surface area (Å²) in [6, 6.07) is 8.03. The molecule has 6 heteroatoms. The van der Waals surface area contributed by atoms with Gasteiger partial charge in [-0.2, -0.15) is 0 Å². The third-order valence-electron chi connectivity index (χ3n) is 3.00. The minimum absolute atomic E-state index is 0.0907. The molecule has 1 heterocycles. The minimum atomic E-state index is 0.0907. The van der Waals surface area contributed by atoms with Gasteiger partial charge in [-0.05, 0) is 18.1 Å². The van der Waals surface area contributed by atoms with Gasteiger partial charge in [0.15, 0.2) is 0 Å². The summed E-state index contributed by atoms with van der Waals surface area (Å²) >= 11 is 0. The number of hydrogen-bond acceptors (Lipinski definition) is 5. The fraction of sp³-hybridized carbons (Fsp3) is 0.385. The van der Waals surface area contributed by atoms with E-state index in [1.165, 1.54) is 0 Å². The average molecular weight is 261 g/mol. The average Bonchev–Trinajstić information content (AvgIpc) is 2.84. The number of rotatable bonds is 6. The van der Waals surface area contributed by atoms with Crippen LogP contribution in [0.1, 0.15) is 11.3 Å². The predicted molar refractivity (Wildman–Crippen MR) is 72.5 cm³/mol. The monoisotopic (exact) mass is 261 g/mol. The fourth-order valence-corrected chi connectivity index (χ4v) is 2.07. The van der Waals surface area contributed by atoms with Crippen LogP contribution in [0.3, 0.4) is 0 Å². The Morgan fingerprint density at radius 2 is 2.16 bits per heavy atom. The van der Waals surface area contributed by atoms with Crippen molar-refractivity contribution in [3.8, 4) is 5.75 Å². The van der Waals surface area contributed by atoms with E-state index in [-0.39, 0.29) is 6.04 Å². The van der Waals surface area contributed by atoms with Gasteiger partial charge in [0, 0.05) is 25.7 Å². The molecule has 0 fully saturated rings. The second kappa shape index (κ2) is 6.31. The molecule has 1 unspecified atom stereocenters. The topological polar surface area (TPSA) is 78.0 Å². The lowest BCUT2D eigenvalue weighted by molar-refractivity contribution is 0.404. The quantitative estimate of drug-likeness (QED) is 0.583. The van der Waals surface area contributed by atoms with E-state index in [9.17, 15) is 0 Å². The molecule has 1 aromatic heterocycles. The van der Waals surface area contributed by atoms with Crippen LogP contribution < -0.4 is 16.0 Å². The summed E-state index contributed by atoms with van der Waals surface area (Å²) in [7, 11) is 3.52. The van der Waals surface area contributed by atoms with Gasteiger partial charge in [0.05, 0.1) is 12.8 Å². The van der Waals surface area contributed by atoms with Crippen molar-refractivity contribution in [2.75, 3.05) is 7.11 Å². The van der Waals surface area contributed by atoms with E-state index in [0.29, 0.717) is 0 Å². The SMILES string of the molecule is COc1ccccc1CC(Cc1cn(C)nn1)NN. The summed E-state index contributed by atoms with van der Waals surface area (Å²) in [5.74, 6) is 6.50. The number of methoxy groups -OCH3 is 1. The largest absolute Gasteiger partial charge is 0.496 e. The van der Waals surface area contributed by atoms with Gasteiger partial charge < -0.3 is 4.74 Å². The van der Waals surface area contributed by atoms with E-state index in [1.807, 2.05) is 37.5 Å². The lowest BCUT2D eigenvalue weighted by Gasteiger charge is -2.16. The van der Waals surface area contributed by atoms with E-state index < -0.39 is 0 Å². The first kappa shape index (κ1) is 13.5. The first-order valence-corrected chi connectivity index (χ1v) is 6.16. The molecule has 0 aliphatic carbocycles. The number of aryl methyl sites for hydroxylation is 1. The van der Waals surface area contributed by atoms with Gasteiger partial charge in [-0.3, -0.25) is 16.0 Å². The first-order valence-electron chi connectivity index (χ1n) is 6.16. The van der Waals surface area contributed by atoms with Gasteiger partial charge in [-0.1, -0.05) is 23.4 Å². The van der Waals surface area contributed by atoms with Gasteiger partial charge in [0.25, 0.3) is 0 Å². The van der Waals surface area contributed by atoms with E-state index in [0.717, 1.165) is 29.8 Å². The molecule has 102 valence electrons. The summed E-state index contributed by atoms with van der Waals surface area (Å²) < 4.78 is 7.03. The standard InChI is InChI=1S/C13H19N5O/c1-18-9-12(16-17-18)8-11(15-14)7-10-5-3-4-6-13(10)19-2/h3-6,9,11,15H,7-8,14H2,1-2H3. The number of nitrogens with zero attached hydrogens (tertiary/aromatic N) is 3. The minimum Gasteiger partial charge on any atom is -0.496 e. The highest BCUT2D eigenvalue weighted by Crippen LogP contribution is 2.19. The zero-order valence-corrected chi connectivity index (χ0v) is 11.2. The third-order valence-corrected chi connectivity index (χ3v) is 3.00. The van der Waals surface area contributed by atoms with E-state index >= 15 is 0 Å². The summed E-state index contributed by atoms with van der Waals surface area (Å²) in [5, 5.41) is 7.99. The molecule has 19 heavy (non-hydrogen) atoms. The van der Waals surface area contributed by atoms with Crippen molar-refractivity contribution in [2.24, 2.45) is 12.9 Å². The predicted octanol–water partition coefficient (Wildman–Crippen LogP) is 0.441. The molecule has 2 rings (SSSR count). The van der Waals surface area contributed by atoms with Crippen LogP contribution in [0.15, 0.2) is 30.5 Å². The van der Waals surface area contributed by atoms with Crippen LogP contribution in [-0.4, -0.2) is 28.1 Å². The molecular weight excluding hydrogens is 242 g/mol. The van der Waals surface area contributed by atoms with Crippen molar-refractivity contribution in [1.82, 2.24) is 20.4 Å². The number of para-hydroxylation sites is 1. The Morgan fingerprint density at radius 3 is 2.79 bits per heavy atom. The van der Waals surface area contributed by atoms with Gasteiger partial charge >= 0.3 is 0 Å². The summed E-state index contributed by atoms with van der Waals surface area (Å²) in [5.41, 5.74) is 4.87. The number of aromatic nitrogens is 3. The second-order valence-corrected chi connectivity index (χ2v) is 4.47. The number of hydrogen-bond donors (Lipinski definition) is 2.